The third kappa shape index (κ3) is 861. The second kappa shape index (κ2) is 29.5. The van der Waals surface area contributed by atoms with Crippen LogP contribution in [-0.4, -0.2) is 166 Å². The van der Waals surface area contributed by atoms with Gasteiger partial charge in [0.05, 0.1) is 0 Å². The van der Waals surface area contributed by atoms with E-state index in [2.05, 4.69) is 0 Å². The van der Waals surface area contributed by atoms with Gasteiger partial charge in [-0.25, -0.2) is 0 Å². The molecule has 0 aromatic heterocycles. The Morgan fingerprint density at radius 2 is 0.409 bits per heavy atom. The third-order valence-corrected chi connectivity index (χ3v) is 0. The van der Waals surface area contributed by atoms with E-state index in [4.69, 9.17) is 52.6 Å². The van der Waals surface area contributed by atoms with Crippen LogP contribution in [0.25, 0.3) is 0 Å². The van der Waals surface area contributed by atoms with Gasteiger partial charge in [-0.1, -0.05) is 0 Å². The summed E-state index contributed by atoms with van der Waals surface area (Å²) in [4.78, 5) is 0. The molecule has 0 rings (SSSR count). The van der Waals surface area contributed by atoms with Crippen molar-refractivity contribution < 1.29 is 86.1 Å². The van der Waals surface area contributed by atoms with Crippen LogP contribution in [0.15, 0.2) is 0 Å². The van der Waals surface area contributed by atoms with Crippen LogP contribution in [0.4, 0.5) is 0 Å². The minimum Gasteiger partial charge on any atom is -1.00 e. The van der Waals surface area contributed by atoms with Crippen molar-refractivity contribution >= 4 is 144 Å². The maximum absolute atomic E-state index is 8.52. The SMILES string of the molecule is O=S(=O)([O-])[O-].O=S(=O)([O-])[O-].O=S(=O)([O-])[O-].[Ca+2].[Ca+2].[Ca+2].[Fe+3].[O-].[O-].[O-]. The van der Waals surface area contributed by atoms with Gasteiger partial charge >= 0.3 is 130 Å². The smallest absolute Gasteiger partial charge is 1.00 e. The fourth-order valence-electron chi connectivity index (χ4n) is 0. The monoisotopic (exact) mass is 512 g/mol. The first-order valence-corrected chi connectivity index (χ1v) is 6.00. The van der Waals surface area contributed by atoms with Crippen LogP contribution >= 0.6 is 0 Å². The third-order valence-electron chi connectivity index (χ3n) is 0. The summed E-state index contributed by atoms with van der Waals surface area (Å²) in [6, 6.07) is 0. The summed E-state index contributed by atoms with van der Waals surface area (Å²) in [5.74, 6) is 0. The molecule has 0 saturated carbocycles. The predicted octanol–water partition coefficient (Wildman–Crippen LogP) is -5.52. The van der Waals surface area contributed by atoms with Crippen LogP contribution in [0, 0.1) is 0 Å². The molecule has 0 atom stereocenters. The molecule has 4 radical (unpaired) electrons. The molecule has 0 unspecified atom stereocenters. The first-order chi connectivity index (χ1) is 6.00. The molecule has 0 saturated heterocycles. The van der Waals surface area contributed by atoms with Gasteiger partial charge in [0.1, 0.15) is 0 Å². The van der Waals surface area contributed by atoms with Crippen molar-refractivity contribution in [2.45, 2.75) is 0 Å². The van der Waals surface area contributed by atoms with E-state index in [1.165, 1.54) is 0 Å². The molecular formula is Ca3FeO15S3. The van der Waals surface area contributed by atoms with E-state index >= 15 is 0 Å². The van der Waals surface area contributed by atoms with E-state index in [-0.39, 0.29) is 147 Å². The number of rotatable bonds is 0. The Hall–Kier alpha value is 3.79. The molecule has 0 N–H and O–H groups in total. The zero-order chi connectivity index (χ0) is 13.5. The van der Waals surface area contributed by atoms with Crippen LogP contribution in [0.5, 0.6) is 0 Å². The standard InChI is InChI=1S/3Ca.Fe.3H2O4S.3O/c;;;;3*1-5(2,3)4;;;/h;;;;3*(H2,1,2,3,4);;;/q3*+2;+3;;;;3*-1/p-6. The number of hydrogen-bond acceptors (Lipinski definition) is 15. The maximum Gasteiger partial charge on any atom is 3.00 e. The fraction of sp³-hybridized carbons (Fsp3) is 0. The maximum atomic E-state index is 8.52. The summed E-state index contributed by atoms with van der Waals surface area (Å²) in [5.41, 5.74) is 0. The van der Waals surface area contributed by atoms with E-state index in [1.807, 2.05) is 0 Å². The summed E-state index contributed by atoms with van der Waals surface area (Å²) >= 11 is 0. The van der Waals surface area contributed by atoms with Gasteiger partial charge in [0.15, 0.2) is 0 Å². The first-order valence-electron chi connectivity index (χ1n) is 2.00. The average Bonchev–Trinajstić information content (AvgIpc) is 1.41. The van der Waals surface area contributed by atoms with E-state index in [1.54, 1.807) is 0 Å². The van der Waals surface area contributed by atoms with Crippen molar-refractivity contribution in [3.05, 3.63) is 0 Å². The minimum absolute atomic E-state index is 0. The van der Waals surface area contributed by atoms with E-state index in [0.717, 1.165) is 0 Å². The molecule has 15 nitrogen and oxygen atoms in total. The minimum atomic E-state index is -5.17. The fourth-order valence-corrected chi connectivity index (χ4v) is 0. The second-order valence-corrected chi connectivity index (χ2v) is 3.67. The van der Waals surface area contributed by atoms with Crippen LogP contribution in [0.2, 0.25) is 0 Å². The quantitative estimate of drug-likeness (QED) is 0.167. The molecule has 0 heterocycles. The second-order valence-electron chi connectivity index (χ2n) is 1.22. The van der Waals surface area contributed by atoms with E-state index in [9.17, 15) is 0 Å². The van der Waals surface area contributed by atoms with Crippen molar-refractivity contribution in [1.82, 2.24) is 0 Å². The molecule has 0 aromatic rings. The van der Waals surface area contributed by atoms with Gasteiger partial charge in [0.25, 0.3) is 0 Å². The van der Waals surface area contributed by atoms with Crippen LogP contribution in [-0.2, 0) is 64.7 Å². The van der Waals surface area contributed by atoms with E-state index in [0.29, 0.717) is 0 Å². The molecule has 0 aliphatic rings. The van der Waals surface area contributed by atoms with Gasteiger partial charge in [-0.15, -0.1) is 0 Å². The zero-order valence-corrected chi connectivity index (χ0v) is 20.0. The molecule has 22 heteroatoms. The van der Waals surface area contributed by atoms with Gasteiger partial charge in [0.2, 0.25) is 0 Å². The van der Waals surface area contributed by atoms with Crippen LogP contribution in [0.1, 0.15) is 0 Å². The molecule has 0 bridgehead atoms. The Labute approximate surface area is 226 Å². The van der Waals surface area contributed by atoms with Crippen molar-refractivity contribution in [3.63, 3.8) is 0 Å². The molecule has 0 aliphatic heterocycles. The molecule has 0 amide bonds. The molecule has 122 valence electrons. The van der Waals surface area contributed by atoms with Crippen LogP contribution in [0.3, 0.4) is 0 Å². The Bertz CT molecular complexity index is 351. The topological polar surface area (TPSA) is 326 Å². The summed E-state index contributed by atoms with van der Waals surface area (Å²) in [6.45, 7) is 0. The van der Waals surface area contributed by atoms with Crippen molar-refractivity contribution in [2.75, 3.05) is 0 Å². The molecule has 0 spiro atoms. The van der Waals surface area contributed by atoms with E-state index < -0.39 is 31.2 Å². The van der Waals surface area contributed by atoms with Gasteiger partial charge in [-0.2, -0.15) is 0 Å². The summed E-state index contributed by atoms with van der Waals surface area (Å²) < 4.78 is 102. The van der Waals surface area contributed by atoms with Gasteiger partial charge in [0, 0.05) is 31.2 Å². The Balaban J connectivity index is -0.0000000106. The normalized spacial score (nSPS) is 7.91. The zero-order valence-electron chi connectivity index (χ0n) is 9.82. The van der Waals surface area contributed by atoms with Crippen molar-refractivity contribution in [3.8, 4) is 0 Å². The summed E-state index contributed by atoms with van der Waals surface area (Å²) in [6.07, 6.45) is 0. The van der Waals surface area contributed by atoms with Gasteiger partial charge < -0.3 is 43.7 Å². The van der Waals surface area contributed by atoms with Gasteiger partial charge in [-0.05, 0) is 0 Å². The van der Waals surface area contributed by atoms with Gasteiger partial charge in [-0.3, -0.25) is 25.3 Å². The summed E-state index contributed by atoms with van der Waals surface area (Å²) in [5, 5.41) is 0. The summed E-state index contributed by atoms with van der Waals surface area (Å²) in [7, 11) is -15.5. The Kier molecular flexibility index (Phi) is 85.4. The average molecular weight is 512 g/mol. The Morgan fingerprint density at radius 3 is 0.409 bits per heavy atom. The molecule has 0 aromatic carbocycles. The van der Waals surface area contributed by atoms with Crippen LogP contribution < -0.4 is 0 Å². The molecule has 0 aliphatic carbocycles. The van der Waals surface area contributed by atoms with Crippen molar-refractivity contribution in [2.24, 2.45) is 0 Å². The number of hydrogen-bond donors (Lipinski definition) is 0. The largest absolute Gasteiger partial charge is 3.00 e. The molecular weight excluding hydrogens is 512 g/mol. The molecule has 0 fully saturated rings. The first kappa shape index (κ1) is 63.6. The predicted molar refractivity (Wildman–Crippen MR) is 50.7 cm³/mol. The Morgan fingerprint density at radius 1 is 0.409 bits per heavy atom. The van der Waals surface area contributed by atoms with Crippen molar-refractivity contribution in [1.29, 1.82) is 0 Å². The molecule has 22 heavy (non-hydrogen) atoms.